The van der Waals surface area contributed by atoms with Crippen molar-refractivity contribution in [3.8, 4) is 11.5 Å². The number of hydrogen-bond acceptors (Lipinski definition) is 5. The first-order valence-corrected chi connectivity index (χ1v) is 5.59. The summed E-state index contributed by atoms with van der Waals surface area (Å²) in [5.41, 5.74) is 0.321. The van der Waals surface area contributed by atoms with E-state index in [-0.39, 0.29) is 6.79 Å². The molecule has 1 aliphatic heterocycles. The van der Waals surface area contributed by atoms with E-state index in [0.29, 0.717) is 28.9 Å². The van der Waals surface area contributed by atoms with Gasteiger partial charge in [0.05, 0.1) is 5.60 Å². The summed E-state index contributed by atoms with van der Waals surface area (Å²) >= 11 is 0. The topological polar surface area (TPSA) is 79.2 Å². The maximum Gasteiger partial charge on any atom is 0.492 e. The van der Waals surface area contributed by atoms with Crippen LogP contribution in [-0.2, 0) is 6.42 Å². The molecule has 0 atom stereocenters. The van der Waals surface area contributed by atoms with Crippen LogP contribution >= 0.6 is 0 Å². The first-order chi connectivity index (χ1) is 8.09. The Kier molecular flexibility index (Phi) is 2.32. The molecule has 0 radical (unpaired) electrons. The second kappa shape index (κ2) is 3.63. The van der Waals surface area contributed by atoms with Gasteiger partial charge < -0.3 is 24.6 Å². The lowest BCUT2D eigenvalue weighted by molar-refractivity contribution is 0.151. The lowest BCUT2D eigenvalue weighted by Crippen LogP contribution is -2.35. The molecule has 0 bridgehead atoms. The van der Waals surface area contributed by atoms with Crippen LogP contribution in [0.3, 0.4) is 0 Å². The molecule has 1 aromatic carbocycles. The van der Waals surface area contributed by atoms with Crippen LogP contribution in [0, 0.1) is 0 Å². The molecule has 0 aromatic heterocycles. The highest BCUT2D eigenvalue weighted by Crippen LogP contribution is 2.39. The van der Waals surface area contributed by atoms with Crippen LogP contribution in [0.25, 0.3) is 0 Å². The zero-order valence-electron chi connectivity index (χ0n) is 9.22. The van der Waals surface area contributed by atoms with E-state index in [1.165, 1.54) is 0 Å². The van der Waals surface area contributed by atoms with E-state index in [0.717, 1.165) is 12.8 Å². The third-order valence-corrected chi connectivity index (χ3v) is 3.27. The molecular formula is C11H13BO5. The number of fused-ring (bicyclic) bond motifs is 1. The molecule has 5 nitrogen and oxygen atoms in total. The minimum Gasteiger partial charge on any atom is -0.454 e. The molecule has 17 heavy (non-hydrogen) atoms. The maximum atomic E-state index is 9.90. The van der Waals surface area contributed by atoms with E-state index in [1.807, 2.05) is 0 Å². The summed E-state index contributed by atoms with van der Waals surface area (Å²) in [5.74, 6) is 0.890. The molecule has 1 heterocycles. The van der Waals surface area contributed by atoms with Gasteiger partial charge in [0.25, 0.3) is 0 Å². The van der Waals surface area contributed by atoms with E-state index in [2.05, 4.69) is 0 Å². The average Bonchev–Trinajstić information content (AvgIpc) is 2.81. The summed E-state index contributed by atoms with van der Waals surface area (Å²) in [6.45, 7) is 0.0861. The van der Waals surface area contributed by atoms with Crippen LogP contribution in [0.2, 0.25) is 0 Å². The Bertz CT molecular complexity index is 455. The first-order valence-electron chi connectivity index (χ1n) is 5.59. The summed E-state index contributed by atoms with van der Waals surface area (Å²) in [6.07, 6.45) is 1.92. The predicted molar refractivity (Wildman–Crippen MR) is 60.3 cm³/mol. The monoisotopic (exact) mass is 236 g/mol. The SMILES string of the molecule is OB(O)c1c(CC2(O)CC2)ccc2c1OCO2. The van der Waals surface area contributed by atoms with Crippen LogP contribution in [-0.4, -0.2) is 34.7 Å². The number of ether oxygens (including phenoxy) is 2. The molecule has 0 amide bonds. The minimum atomic E-state index is -1.62. The molecule has 1 aliphatic carbocycles. The molecule has 1 aromatic rings. The van der Waals surface area contributed by atoms with Gasteiger partial charge in [-0.2, -0.15) is 0 Å². The highest BCUT2D eigenvalue weighted by atomic mass is 16.7. The Morgan fingerprint density at radius 3 is 2.65 bits per heavy atom. The van der Waals surface area contributed by atoms with Crippen molar-refractivity contribution in [3.63, 3.8) is 0 Å². The highest BCUT2D eigenvalue weighted by Gasteiger charge is 2.42. The van der Waals surface area contributed by atoms with Gasteiger partial charge in [-0.3, -0.25) is 0 Å². The van der Waals surface area contributed by atoms with Gasteiger partial charge in [0, 0.05) is 11.9 Å². The quantitative estimate of drug-likeness (QED) is 0.596. The van der Waals surface area contributed by atoms with Gasteiger partial charge in [-0.05, 0) is 24.5 Å². The second-order valence-corrected chi connectivity index (χ2v) is 4.65. The fourth-order valence-corrected chi connectivity index (χ4v) is 2.15. The van der Waals surface area contributed by atoms with Crippen molar-refractivity contribution >= 4 is 12.6 Å². The van der Waals surface area contributed by atoms with Crippen LogP contribution in [0.5, 0.6) is 11.5 Å². The molecule has 6 heteroatoms. The molecule has 3 rings (SSSR count). The third-order valence-electron chi connectivity index (χ3n) is 3.27. The Hall–Kier alpha value is -1.24. The van der Waals surface area contributed by atoms with Crippen molar-refractivity contribution in [3.05, 3.63) is 17.7 Å². The van der Waals surface area contributed by atoms with Crippen LogP contribution in [0.1, 0.15) is 18.4 Å². The zero-order valence-corrected chi connectivity index (χ0v) is 9.22. The molecule has 1 fully saturated rings. The van der Waals surface area contributed by atoms with Crippen LogP contribution in [0.4, 0.5) is 0 Å². The highest BCUT2D eigenvalue weighted by molar-refractivity contribution is 6.60. The van der Waals surface area contributed by atoms with Crippen molar-refractivity contribution in [1.29, 1.82) is 0 Å². The molecule has 2 aliphatic rings. The number of benzene rings is 1. The first kappa shape index (κ1) is 10.9. The van der Waals surface area contributed by atoms with E-state index in [1.54, 1.807) is 12.1 Å². The second-order valence-electron chi connectivity index (χ2n) is 4.65. The summed E-state index contributed by atoms with van der Waals surface area (Å²) in [5, 5.41) is 28.8. The minimum absolute atomic E-state index is 0.0861. The molecule has 1 saturated carbocycles. The standard InChI is InChI=1S/C11H13BO5/c13-11(3-4-11)5-7-1-2-8-10(17-6-16-8)9(7)12(14)15/h1-2,13-15H,3-6H2. The van der Waals surface area contributed by atoms with Crippen LogP contribution in [0.15, 0.2) is 12.1 Å². The third kappa shape index (κ3) is 1.88. The maximum absolute atomic E-state index is 9.90. The van der Waals surface area contributed by atoms with Gasteiger partial charge in [-0.1, -0.05) is 6.07 Å². The predicted octanol–water partition coefficient (Wildman–Crippen LogP) is -0.838. The number of aliphatic hydroxyl groups is 1. The molecule has 3 N–H and O–H groups in total. The van der Waals surface area contributed by atoms with Crippen molar-refractivity contribution in [2.24, 2.45) is 0 Å². The number of rotatable bonds is 3. The van der Waals surface area contributed by atoms with Gasteiger partial charge in [-0.15, -0.1) is 0 Å². The largest absolute Gasteiger partial charge is 0.492 e. The van der Waals surface area contributed by atoms with Gasteiger partial charge in [0.15, 0.2) is 11.5 Å². The molecular weight excluding hydrogens is 223 g/mol. The normalized spacial score (nSPS) is 19.2. The van der Waals surface area contributed by atoms with Crippen molar-refractivity contribution in [2.75, 3.05) is 6.79 Å². The van der Waals surface area contributed by atoms with E-state index < -0.39 is 12.7 Å². The van der Waals surface area contributed by atoms with Gasteiger partial charge in [0.1, 0.15) is 0 Å². The van der Waals surface area contributed by atoms with Crippen LogP contribution < -0.4 is 14.9 Å². The Labute approximate surface area is 98.7 Å². The summed E-state index contributed by atoms with van der Waals surface area (Å²) in [6, 6.07) is 3.48. The fourth-order valence-electron chi connectivity index (χ4n) is 2.15. The summed E-state index contributed by atoms with van der Waals surface area (Å²) in [4.78, 5) is 0. The van der Waals surface area contributed by atoms with Crippen molar-refractivity contribution in [1.82, 2.24) is 0 Å². The van der Waals surface area contributed by atoms with Gasteiger partial charge in [0.2, 0.25) is 6.79 Å². The van der Waals surface area contributed by atoms with E-state index in [4.69, 9.17) is 9.47 Å². The van der Waals surface area contributed by atoms with Crippen molar-refractivity contribution < 1.29 is 24.6 Å². The smallest absolute Gasteiger partial charge is 0.454 e. The molecule has 0 unspecified atom stereocenters. The molecule has 90 valence electrons. The Morgan fingerprint density at radius 2 is 2.00 bits per heavy atom. The molecule has 0 spiro atoms. The van der Waals surface area contributed by atoms with Gasteiger partial charge in [-0.25, -0.2) is 0 Å². The zero-order chi connectivity index (χ0) is 12.0. The fraction of sp³-hybridized carbons (Fsp3) is 0.455. The Balaban J connectivity index is 2.02. The number of hydrogen-bond donors (Lipinski definition) is 3. The lowest BCUT2D eigenvalue weighted by atomic mass is 9.74. The average molecular weight is 236 g/mol. The summed E-state index contributed by atoms with van der Waals surface area (Å²) in [7, 11) is -1.62. The molecule has 0 saturated heterocycles. The van der Waals surface area contributed by atoms with Gasteiger partial charge >= 0.3 is 7.12 Å². The van der Waals surface area contributed by atoms with Crippen molar-refractivity contribution in [2.45, 2.75) is 24.9 Å². The summed E-state index contributed by atoms with van der Waals surface area (Å²) < 4.78 is 10.4. The Morgan fingerprint density at radius 1 is 1.24 bits per heavy atom. The van der Waals surface area contributed by atoms with E-state index in [9.17, 15) is 15.2 Å². The van der Waals surface area contributed by atoms with E-state index >= 15 is 0 Å². The lowest BCUT2D eigenvalue weighted by Gasteiger charge is -2.14.